The second kappa shape index (κ2) is 7.11. The monoisotopic (exact) mass is 290 g/mol. The number of amides is 2. The Bertz CT molecular complexity index is 499. The second-order valence-electron chi connectivity index (χ2n) is 5.09. The molecule has 0 saturated carbocycles. The summed E-state index contributed by atoms with van der Waals surface area (Å²) in [7, 11) is 0. The topological polar surface area (TPSA) is 58.6 Å². The highest BCUT2D eigenvalue weighted by Crippen LogP contribution is 2.17. The fraction of sp³-hybridized carbons (Fsp3) is 0.500. The summed E-state index contributed by atoms with van der Waals surface area (Å²) in [5.74, 6) is 0.593. The van der Waals surface area contributed by atoms with Crippen LogP contribution in [0.15, 0.2) is 24.3 Å². The Morgan fingerprint density at radius 3 is 2.67 bits per heavy atom. The smallest absolute Gasteiger partial charge is 0.254 e. The summed E-state index contributed by atoms with van der Waals surface area (Å²) in [6.07, 6.45) is 1.57. The van der Waals surface area contributed by atoms with Gasteiger partial charge in [0.2, 0.25) is 5.91 Å². The van der Waals surface area contributed by atoms with E-state index in [2.05, 4.69) is 5.32 Å². The van der Waals surface area contributed by atoms with E-state index in [0.29, 0.717) is 31.7 Å². The van der Waals surface area contributed by atoms with Crippen molar-refractivity contribution in [3.63, 3.8) is 0 Å². The van der Waals surface area contributed by atoms with Crippen molar-refractivity contribution in [2.75, 3.05) is 19.7 Å². The molecule has 0 aliphatic carbocycles. The van der Waals surface area contributed by atoms with Gasteiger partial charge < -0.3 is 15.0 Å². The summed E-state index contributed by atoms with van der Waals surface area (Å²) in [5, 5.41) is 2.80. The molecule has 0 radical (unpaired) electrons. The van der Waals surface area contributed by atoms with Crippen LogP contribution in [0.2, 0.25) is 0 Å². The summed E-state index contributed by atoms with van der Waals surface area (Å²) in [6, 6.07) is 6.74. The lowest BCUT2D eigenvalue weighted by atomic mass is 10.1. The van der Waals surface area contributed by atoms with Crippen LogP contribution in [0.4, 0.5) is 0 Å². The molecular weight excluding hydrogens is 268 g/mol. The Morgan fingerprint density at radius 2 is 2.05 bits per heavy atom. The van der Waals surface area contributed by atoms with Gasteiger partial charge in [-0.25, -0.2) is 0 Å². The van der Waals surface area contributed by atoms with Crippen LogP contribution >= 0.6 is 0 Å². The standard InChI is InChI=1S/C16H22N2O3/c1-3-11-21-13-7-5-12(6-8-13)16(20)18-10-9-17-15(19)14(18)4-2/h5-8,14H,3-4,9-11H2,1-2H3,(H,17,19). The van der Waals surface area contributed by atoms with Gasteiger partial charge in [-0.05, 0) is 37.1 Å². The number of nitrogens with zero attached hydrogens (tertiary/aromatic N) is 1. The van der Waals surface area contributed by atoms with Gasteiger partial charge in [0.25, 0.3) is 5.91 Å². The number of ether oxygens (including phenoxy) is 1. The molecule has 1 aliphatic rings. The van der Waals surface area contributed by atoms with Crippen molar-refractivity contribution in [3.05, 3.63) is 29.8 Å². The average molecular weight is 290 g/mol. The molecule has 21 heavy (non-hydrogen) atoms. The van der Waals surface area contributed by atoms with E-state index in [9.17, 15) is 9.59 Å². The van der Waals surface area contributed by atoms with Crippen LogP contribution < -0.4 is 10.1 Å². The van der Waals surface area contributed by atoms with E-state index in [-0.39, 0.29) is 17.9 Å². The Morgan fingerprint density at radius 1 is 1.33 bits per heavy atom. The molecule has 1 aromatic carbocycles. The zero-order chi connectivity index (χ0) is 15.2. The van der Waals surface area contributed by atoms with Crippen LogP contribution in [0.3, 0.4) is 0 Å². The minimum atomic E-state index is -0.373. The van der Waals surface area contributed by atoms with Crippen molar-refractivity contribution < 1.29 is 14.3 Å². The van der Waals surface area contributed by atoms with Gasteiger partial charge in [0.05, 0.1) is 6.61 Å². The van der Waals surface area contributed by atoms with Crippen molar-refractivity contribution in [3.8, 4) is 5.75 Å². The Kier molecular flexibility index (Phi) is 5.20. The third-order valence-corrected chi connectivity index (χ3v) is 3.55. The summed E-state index contributed by atoms with van der Waals surface area (Å²) in [6.45, 7) is 5.69. The van der Waals surface area contributed by atoms with Gasteiger partial charge in [-0.1, -0.05) is 13.8 Å². The molecule has 1 fully saturated rings. The molecule has 5 heteroatoms. The van der Waals surface area contributed by atoms with Crippen LogP contribution in [-0.4, -0.2) is 42.5 Å². The normalized spacial score (nSPS) is 18.3. The third kappa shape index (κ3) is 3.54. The minimum absolute atomic E-state index is 0.0694. The van der Waals surface area contributed by atoms with Gasteiger partial charge in [-0.3, -0.25) is 9.59 Å². The fourth-order valence-corrected chi connectivity index (χ4v) is 2.44. The number of hydrogen-bond acceptors (Lipinski definition) is 3. The molecule has 0 aromatic heterocycles. The molecule has 1 aliphatic heterocycles. The number of carbonyl (C=O) groups is 2. The highest BCUT2D eigenvalue weighted by Gasteiger charge is 2.31. The predicted molar refractivity (Wildman–Crippen MR) is 80.4 cm³/mol. The number of piperazine rings is 1. The summed E-state index contributed by atoms with van der Waals surface area (Å²) in [4.78, 5) is 26.0. The van der Waals surface area contributed by atoms with E-state index < -0.39 is 0 Å². The highest BCUT2D eigenvalue weighted by molar-refractivity contribution is 5.98. The Balaban J connectivity index is 2.09. The molecule has 114 valence electrons. The quantitative estimate of drug-likeness (QED) is 0.900. The summed E-state index contributed by atoms with van der Waals surface area (Å²) in [5.41, 5.74) is 0.590. The van der Waals surface area contributed by atoms with Gasteiger partial charge in [0.1, 0.15) is 11.8 Å². The SMILES string of the molecule is CCCOc1ccc(C(=O)N2CCNC(=O)C2CC)cc1. The molecule has 1 saturated heterocycles. The molecule has 1 aromatic rings. The van der Waals surface area contributed by atoms with Crippen molar-refractivity contribution in [2.45, 2.75) is 32.7 Å². The van der Waals surface area contributed by atoms with Crippen molar-refractivity contribution in [1.29, 1.82) is 0 Å². The van der Waals surface area contributed by atoms with Crippen molar-refractivity contribution in [2.24, 2.45) is 0 Å². The summed E-state index contributed by atoms with van der Waals surface area (Å²) >= 11 is 0. The van der Waals surface area contributed by atoms with Crippen molar-refractivity contribution >= 4 is 11.8 Å². The van der Waals surface area contributed by atoms with Crippen molar-refractivity contribution in [1.82, 2.24) is 10.2 Å². The van der Waals surface area contributed by atoms with Crippen LogP contribution in [0.25, 0.3) is 0 Å². The van der Waals surface area contributed by atoms with E-state index >= 15 is 0 Å². The number of carbonyl (C=O) groups excluding carboxylic acids is 2. The predicted octanol–water partition coefficient (Wildman–Crippen LogP) is 1.83. The lowest BCUT2D eigenvalue weighted by Gasteiger charge is -2.34. The molecule has 0 spiro atoms. The molecule has 1 atom stereocenters. The van der Waals surface area contributed by atoms with Gasteiger partial charge in [0.15, 0.2) is 0 Å². The van der Waals surface area contributed by atoms with E-state index in [1.54, 1.807) is 29.2 Å². The van der Waals surface area contributed by atoms with Gasteiger partial charge in [-0.2, -0.15) is 0 Å². The zero-order valence-electron chi connectivity index (χ0n) is 12.6. The molecule has 1 heterocycles. The second-order valence-corrected chi connectivity index (χ2v) is 5.09. The van der Waals surface area contributed by atoms with Crippen LogP contribution in [0.5, 0.6) is 5.75 Å². The minimum Gasteiger partial charge on any atom is -0.494 e. The van der Waals surface area contributed by atoms with E-state index in [1.165, 1.54) is 0 Å². The first-order valence-corrected chi connectivity index (χ1v) is 7.49. The number of hydrogen-bond donors (Lipinski definition) is 1. The molecule has 5 nitrogen and oxygen atoms in total. The molecular formula is C16H22N2O3. The van der Waals surface area contributed by atoms with E-state index in [4.69, 9.17) is 4.74 Å². The molecule has 0 bridgehead atoms. The molecule has 2 rings (SSSR count). The fourth-order valence-electron chi connectivity index (χ4n) is 2.44. The maximum atomic E-state index is 12.5. The maximum absolute atomic E-state index is 12.5. The number of rotatable bonds is 5. The average Bonchev–Trinajstić information content (AvgIpc) is 2.52. The lowest BCUT2D eigenvalue weighted by Crippen LogP contribution is -2.56. The number of nitrogens with one attached hydrogen (secondary N) is 1. The Labute approximate surface area is 125 Å². The first kappa shape index (κ1) is 15.4. The van der Waals surface area contributed by atoms with Gasteiger partial charge in [0, 0.05) is 18.7 Å². The largest absolute Gasteiger partial charge is 0.494 e. The number of benzene rings is 1. The highest BCUT2D eigenvalue weighted by atomic mass is 16.5. The summed E-state index contributed by atoms with van der Waals surface area (Å²) < 4.78 is 5.51. The molecule has 1 N–H and O–H groups in total. The van der Waals surface area contributed by atoms with Gasteiger partial charge >= 0.3 is 0 Å². The first-order valence-electron chi connectivity index (χ1n) is 7.49. The van der Waals surface area contributed by atoms with Crippen LogP contribution in [-0.2, 0) is 4.79 Å². The molecule has 2 amide bonds. The van der Waals surface area contributed by atoms with E-state index in [0.717, 1.165) is 12.2 Å². The Hall–Kier alpha value is -2.04. The molecule has 1 unspecified atom stereocenters. The first-order chi connectivity index (χ1) is 10.2. The third-order valence-electron chi connectivity index (χ3n) is 3.55. The maximum Gasteiger partial charge on any atom is 0.254 e. The van der Waals surface area contributed by atoms with Crippen LogP contribution in [0.1, 0.15) is 37.0 Å². The van der Waals surface area contributed by atoms with Gasteiger partial charge in [-0.15, -0.1) is 0 Å². The van der Waals surface area contributed by atoms with Crippen LogP contribution in [0, 0.1) is 0 Å². The zero-order valence-corrected chi connectivity index (χ0v) is 12.6. The van der Waals surface area contributed by atoms with E-state index in [1.807, 2.05) is 13.8 Å². The lowest BCUT2D eigenvalue weighted by molar-refractivity contribution is -0.127.